The number of nitrogens with one attached hydrogen (secondary N) is 1. The van der Waals surface area contributed by atoms with E-state index in [1.165, 1.54) is 0 Å². The fraction of sp³-hybridized carbons (Fsp3) is 0.296. The molecule has 3 aromatic rings. The number of para-hydroxylation sites is 1. The molecule has 0 saturated carbocycles. The first kappa shape index (κ1) is 25.3. The van der Waals surface area contributed by atoms with Crippen molar-refractivity contribution in [2.45, 2.75) is 39.3 Å². The van der Waals surface area contributed by atoms with E-state index in [9.17, 15) is 13.2 Å². The summed E-state index contributed by atoms with van der Waals surface area (Å²) >= 11 is 0. The van der Waals surface area contributed by atoms with Gasteiger partial charge < -0.3 is 10.1 Å². The quantitative estimate of drug-likeness (QED) is 0.414. The average molecular weight is 481 g/mol. The molecule has 0 aromatic heterocycles. The first-order chi connectivity index (χ1) is 16.1. The smallest absolute Gasteiger partial charge is 0.244 e. The lowest BCUT2D eigenvalue weighted by Crippen LogP contribution is -2.48. The van der Waals surface area contributed by atoms with Crippen molar-refractivity contribution in [1.82, 2.24) is 5.32 Å². The van der Waals surface area contributed by atoms with Crippen molar-refractivity contribution in [2.24, 2.45) is 5.92 Å². The summed E-state index contributed by atoms with van der Waals surface area (Å²) in [5.74, 6) is 1.25. The maximum Gasteiger partial charge on any atom is 0.244 e. The average Bonchev–Trinajstić information content (AvgIpc) is 2.80. The molecule has 34 heavy (non-hydrogen) atoms. The van der Waals surface area contributed by atoms with Gasteiger partial charge in [-0.05, 0) is 61.2 Å². The van der Waals surface area contributed by atoms with Gasteiger partial charge in [-0.25, -0.2) is 8.42 Å². The summed E-state index contributed by atoms with van der Waals surface area (Å²) in [6.07, 6.45) is 1.85. The molecule has 3 rings (SSSR count). The number of amides is 1. The van der Waals surface area contributed by atoms with Gasteiger partial charge in [0, 0.05) is 0 Å². The molecule has 0 bridgehead atoms. The third kappa shape index (κ3) is 6.84. The van der Waals surface area contributed by atoms with Crippen molar-refractivity contribution in [1.29, 1.82) is 0 Å². The number of carbonyl (C=O) groups excluding carboxylic acids is 1. The highest BCUT2D eigenvalue weighted by atomic mass is 32.2. The second kappa shape index (κ2) is 11.2. The van der Waals surface area contributed by atoms with E-state index in [1.807, 2.05) is 60.7 Å². The van der Waals surface area contributed by atoms with E-state index in [0.29, 0.717) is 23.1 Å². The lowest BCUT2D eigenvalue weighted by molar-refractivity contribution is -0.122. The van der Waals surface area contributed by atoms with Crippen LogP contribution in [0.4, 0.5) is 5.69 Å². The van der Waals surface area contributed by atoms with Crippen LogP contribution in [0.1, 0.15) is 38.8 Å². The van der Waals surface area contributed by atoms with E-state index in [2.05, 4.69) is 19.2 Å². The number of sulfonamides is 1. The molecule has 0 spiro atoms. The number of hydrogen-bond donors (Lipinski definition) is 1. The minimum Gasteiger partial charge on any atom is -0.457 e. The lowest BCUT2D eigenvalue weighted by atomic mass is 9.96. The second-order valence-corrected chi connectivity index (χ2v) is 10.6. The first-order valence-corrected chi connectivity index (χ1v) is 13.2. The van der Waals surface area contributed by atoms with Gasteiger partial charge in [-0.2, -0.15) is 0 Å². The van der Waals surface area contributed by atoms with Crippen LogP contribution in [0.5, 0.6) is 11.5 Å². The van der Waals surface area contributed by atoms with Crippen molar-refractivity contribution in [3.05, 3.63) is 90.5 Å². The van der Waals surface area contributed by atoms with E-state index in [0.717, 1.165) is 22.5 Å². The van der Waals surface area contributed by atoms with Crippen LogP contribution < -0.4 is 14.4 Å². The predicted molar refractivity (Wildman–Crippen MR) is 137 cm³/mol. The zero-order chi connectivity index (χ0) is 24.7. The highest BCUT2D eigenvalue weighted by Gasteiger charge is 2.30. The SMILES string of the molecule is CC(C)C[C@@H](NC(=O)[C@H](C)N(c1ccc(Oc2ccccc2)cc1)S(C)(=O)=O)c1ccccc1. The molecule has 0 aliphatic rings. The Kier molecular flexibility index (Phi) is 8.34. The molecule has 6 nitrogen and oxygen atoms in total. The molecule has 0 aliphatic heterocycles. The van der Waals surface area contributed by atoms with Crippen LogP contribution in [0.2, 0.25) is 0 Å². The molecule has 0 fully saturated rings. The molecule has 1 N–H and O–H groups in total. The Hall–Kier alpha value is -3.32. The van der Waals surface area contributed by atoms with Gasteiger partial charge in [0.2, 0.25) is 15.9 Å². The summed E-state index contributed by atoms with van der Waals surface area (Å²) in [6.45, 7) is 5.78. The molecule has 2 atom stereocenters. The molecule has 0 radical (unpaired) electrons. The Morgan fingerprint density at radius 2 is 1.38 bits per heavy atom. The largest absolute Gasteiger partial charge is 0.457 e. The summed E-state index contributed by atoms with van der Waals surface area (Å²) in [5.41, 5.74) is 1.38. The van der Waals surface area contributed by atoms with Crippen LogP contribution >= 0.6 is 0 Å². The highest BCUT2D eigenvalue weighted by molar-refractivity contribution is 7.92. The van der Waals surface area contributed by atoms with Gasteiger partial charge in [0.25, 0.3) is 0 Å². The second-order valence-electron chi connectivity index (χ2n) is 8.75. The zero-order valence-electron chi connectivity index (χ0n) is 20.0. The van der Waals surface area contributed by atoms with Crippen LogP contribution in [-0.2, 0) is 14.8 Å². The number of ether oxygens (including phenoxy) is 1. The standard InChI is InChI=1S/C27H32N2O4S/c1-20(2)19-26(22-11-7-5-8-12-22)28-27(30)21(3)29(34(4,31)32)23-15-17-25(18-16-23)33-24-13-9-6-10-14-24/h5-18,20-21,26H,19H2,1-4H3,(H,28,30)/t21-,26+/m0/s1. The van der Waals surface area contributed by atoms with Crippen molar-refractivity contribution < 1.29 is 17.9 Å². The fourth-order valence-corrected chi connectivity index (χ4v) is 5.00. The third-order valence-corrected chi connectivity index (χ3v) is 6.63. The van der Waals surface area contributed by atoms with Gasteiger partial charge in [-0.1, -0.05) is 62.4 Å². The Bertz CT molecular complexity index is 1160. The summed E-state index contributed by atoms with van der Waals surface area (Å²) in [7, 11) is -3.73. The van der Waals surface area contributed by atoms with Gasteiger partial charge in [0.1, 0.15) is 17.5 Å². The van der Waals surface area contributed by atoms with E-state index < -0.39 is 16.1 Å². The molecule has 1 amide bonds. The van der Waals surface area contributed by atoms with E-state index in [-0.39, 0.29) is 11.9 Å². The summed E-state index contributed by atoms with van der Waals surface area (Å²) in [4.78, 5) is 13.2. The van der Waals surface area contributed by atoms with Crippen molar-refractivity contribution in [2.75, 3.05) is 10.6 Å². The Morgan fingerprint density at radius 1 is 0.853 bits per heavy atom. The fourth-order valence-electron chi connectivity index (χ4n) is 3.82. The van der Waals surface area contributed by atoms with Gasteiger partial charge in [0.05, 0.1) is 18.0 Å². The molecule has 0 saturated heterocycles. The third-order valence-electron chi connectivity index (χ3n) is 5.38. The number of rotatable bonds is 10. The van der Waals surface area contributed by atoms with Gasteiger partial charge >= 0.3 is 0 Å². The maximum absolute atomic E-state index is 13.2. The monoisotopic (exact) mass is 480 g/mol. The molecule has 0 aliphatic carbocycles. The van der Waals surface area contributed by atoms with Crippen molar-refractivity contribution in [3.8, 4) is 11.5 Å². The van der Waals surface area contributed by atoms with Gasteiger partial charge in [-0.15, -0.1) is 0 Å². The van der Waals surface area contributed by atoms with Crippen molar-refractivity contribution >= 4 is 21.6 Å². The molecule has 3 aromatic carbocycles. The van der Waals surface area contributed by atoms with E-state index in [1.54, 1.807) is 31.2 Å². The number of anilines is 1. The number of benzene rings is 3. The summed E-state index contributed by atoms with van der Waals surface area (Å²) in [6, 6.07) is 24.6. The number of hydrogen-bond acceptors (Lipinski definition) is 4. The van der Waals surface area contributed by atoms with E-state index in [4.69, 9.17) is 4.74 Å². The number of nitrogens with zero attached hydrogens (tertiary/aromatic N) is 1. The van der Waals surface area contributed by atoms with Gasteiger partial charge in [0.15, 0.2) is 0 Å². The Balaban J connectivity index is 1.81. The summed E-state index contributed by atoms with van der Waals surface area (Å²) in [5, 5.41) is 3.06. The van der Waals surface area contributed by atoms with Crippen LogP contribution in [0.25, 0.3) is 0 Å². The minimum absolute atomic E-state index is 0.209. The predicted octanol–water partition coefficient (Wildman–Crippen LogP) is 5.54. The highest BCUT2D eigenvalue weighted by Crippen LogP contribution is 2.28. The van der Waals surface area contributed by atoms with Crippen LogP contribution in [-0.4, -0.2) is 26.6 Å². The molecular weight excluding hydrogens is 448 g/mol. The van der Waals surface area contributed by atoms with Crippen LogP contribution in [0.15, 0.2) is 84.9 Å². The molecule has 180 valence electrons. The Morgan fingerprint density at radius 3 is 1.91 bits per heavy atom. The zero-order valence-corrected chi connectivity index (χ0v) is 20.8. The first-order valence-electron chi connectivity index (χ1n) is 11.3. The normalized spacial score (nSPS) is 13.2. The maximum atomic E-state index is 13.2. The van der Waals surface area contributed by atoms with E-state index >= 15 is 0 Å². The van der Waals surface area contributed by atoms with Crippen LogP contribution in [0, 0.1) is 5.92 Å². The number of carbonyl (C=O) groups is 1. The molecular formula is C27H32N2O4S. The minimum atomic E-state index is -3.73. The van der Waals surface area contributed by atoms with Crippen molar-refractivity contribution in [3.63, 3.8) is 0 Å². The molecule has 0 heterocycles. The topological polar surface area (TPSA) is 75.7 Å². The van der Waals surface area contributed by atoms with Gasteiger partial charge in [-0.3, -0.25) is 9.10 Å². The lowest BCUT2D eigenvalue weighted by Gasteiger charge is -2.30. The molecule has 0 unspecified atom stereocenters. The summed E-state index contributed by atoms with van der Waals surface area (Å²) < 4.78 is 32.3. The van der Waals surface area contributed by atoms with Crippen LogP contribution in [0.3, 0.4) is 0 Å². The Labute approximate surface area is 202 Å². The molecule has 7 heteroatoms.